The first-order valence-electron chi connectivity index (χ1n) is 5.73. The maximum atomic E-state index is 12.4. The summed E-state index contributed by atoms with van der Waals surface area (Å²) in [4.78, 5) is 18.2. The molecule has 1 aromatic rings. The summed E-state index contributed by atoms with van der Waals surface area (Å²) in [7, 11) is 0. The van der Waals surface area contributed by atoms with Gasteiger partial charge in [-0.3, -0.25) is 9.78 Å². The highest BCUT2D eigenvalue weighted by Gasteiger charge is 2.30. The Morgan fingerprint density at radius 3 is 3.06 bits per heavy atom. The molecule has 0 aliphatic carbocycles. The number of nitrogens with two attached hydrogens (primary N) is 1. The standard InChI is InChI=1S/C12H17N3OS/c1-8-9(2)17-6-5-15(8)12(16)10-7-14-4-3-11(10)13/h3-4,7-9H,5-6H2,1-2H3,(H2,13,14). The van der Waals surface area contributed by atoms with Gasteiger partial charge in [0.25, 0.3) is 5.91 Å². The van der Waals surface area contributed by atoms with Crippen molar-refractivity contribution in [1.82, 2.24) is 9.88 Å². The topological polar surface area (TPSA) is 59.2 Å². The Kier molecular flexibility index (Phi) is 3.57. The van der Waals surface area contributed by atoms with Crippen LogP contribution in [0.2, 0.25) is 0 Å². The Balaban J connectivity index is 2.23. The molecule has 0 aromatic carbocycles. The van der Waals surface area contributed by atoms with Gasteiger partial charge in [-0.05, 0) is 13.0 Å². The number of hydrogen-bond donors (Lipinski definition) is 1. The van der Waals surface area contributed by atoms with Gasteiger partial charge in [0.15, 0.2) is 0 Å². The lowest BCUT2D eigenvalue weighted by atomic mass is 10.1. The van der Waals surface area contributed by atoms with Crippen LogP contribution in [-0.2, 0) is 0 Å². The van der Waals surface area contributed by atoms with E-state index in [2.05, 4.69) is 18.8 Å². The zero-order valence-corrected chi connectivity index (χ0v) is 10.9. The summed E-state index contributed by atoms with van der Waals surface area (Å²) < 4.78 is 0. The predicted molar refractivity (Wildman–Crippen MR) is 71.1 cm³/mol. The van der Waals surface area contributed by atoms with E-state index in [0.29, 0.717) is 16.5 Å². The molecule has 92 valence electrons. The molecule has 2 heterocycles. The first-order valence-corrected chi connectivity index (χ1v) is 6.78. The van der Waals surface area contributed by atoms with Crippen molar-refractivity contribution in [1.29, 1.82) is 0 Å². The second-order valence-electron chi connectivity index (χ2n) is 4.28. The Labute approximate surface area is 106 Å². The monoisotopic (exact) mass is 251 g/mol. The van der Waals surface area contributed by atoms with Crippen LogP contribution < -0.4 is 5.73 Å². The molecule has 17 heavy (non-hydrogen) atoms. The van der Waals surface area contributed by atoms with Gasteiger partial charge >= 0.3 is 0 Å². The van der Waals surface area contributed by atoms with Crippen molar-refractivity contribution in [3.05, 3.63) is 24.0 Å². The fourth-order valence-electron chi connectivity index (χ4n) is 1.96. The molecule has 1 fully saturated rings. The number of hydrogen-bond acceptors (Lipinski definition) is 4. The predicted octanol–water partition coefficient (Wildman–Crippen LogP) is 1.63. The van der Waals surface area contributed by atoms with Crippen LogP contribution in [0, 0.1) is 0 Å². The van der Waals surface area contributed by atoms with E-state index in [9.17, 15) is 4.79 Å². The van der Waals surface area contributed by atoms with E-state index in [1.165, 1.54) is 0 Å². The summed E-state index contributed by atoms with van der Waals surface area (Å²) >= 11 is 1.91. The summed E-state index contributed by atoms with van der Waals surface area (Å²) in [6, 6.07) is 1.90. The Bertz CT molecular complexity index is 424. The second-order valence-corrected chi connectivity index (χ2v) is 5.76. The molecule has 2 atom stereocenters. The first kappa shape index (κ1) is 12.2. The summed E-state index contributed by atoms with van der Waals surface area (Å²) in [6.07, 6.45) is 3.15. The Hall–Kier alpha value is -1.23. The van der Waals surface area contributed by atoms with Gasteiger partial charge < -0.3 is 10.6 Å². The van der Waals surface area contributed by atoms with Gasteiger partial charge in [0.05, 0.1) is 5.56 Å². The lowest BCUT2D eigenvalue weighted by Gasteiger charge is -2.37. The number of carbonyl (C=O) groups excluding carboxylic acids is 1. The van der Waals surface area contributed by atoms with Crippen molar-refractivity contribution in [2.24, 2.45) is 0 Å². The quantitative estimate of drug-likeness (QED) is 0.824. The number of rotatable bonds is 1. The van der Waals surface area contributed by atoms with Crippen LogP contribution in [0.3, 0.4) is 0 Å². The molecular formula is C12H17N3OS. The third kappa shape index (κ3) is 2.39. The fourth-order valence-corrected chi connectivity index (χ4v) is 3.06. The van der Waals surface area contributed by atoms with Crippen LogP contribution in [0.15, 0.2) is 18.5 Å². The van der Waals surface area contributed by atoms with Gasteiger partial charge in [0, 0.05) is 41.7 Å². The molecule has 1 aliphatic heterocycles. The van der Waals surface area contributed by atoms with Gasteiger partial charge in [0.1, 0.15) is 0 Å². The van der Waals surface area contributed by atoms with E-state index in [-0.39, 0.29) is 11.9 Å². The number of amides is 1. The van der Waals surface area contributed by atoms with Gasteiger partial charge in [-0.2, -0.15) is 11.8 Å². The molecule has 1 saturated heterocycles. The summed E-state index contributed by atoms with van der Waals surface area (Å²) in [5, 5.41) is 0.464. The largest absolute Gasteiger partial charge is 0.398 e. The van der Waals surface area contributed by atoms with Crippen LogP contribution in [0.25, 0.3) is 0 Å². The molecule has 1 aromatic heterocycles. The highest BCUT2D eigenvalue weighted by molar-refractivity contribution is 8.00. The van der Waals surface area contributed by atoms with Crippen molar-refractivity contribution >= 4 is 23.4 Å². The van der Waals surface area contributed by atoms with E-state index in [4.69, 9.17) is 5.73 Å². The van der Waals surface area contributed by atoms with Gasteiger partial charge in [-0.25, -0.2) is 0 Å². The molecule has 2 N–H and O–H groups in total. The van der Waals surface area contributed by atoms with Gasteiger partial charge in [0.2, 0.25) is 0 Å². The van der Waals surface area contributed by atoms with E-state index in [1.807, 2.05) is 16.7 Å². The minimum Gasteiger partial charge on any atom is -0.398 e. The van der Waals surface area contributed by atoms with Crippen LogP contribution >= 0.6 is 11.8 Å². The molecule has 0 saturated carbocycles. The number of anilines is 1. The number of nitrogens with zero attached hydrogens (tertiary/aromatic N) is 2. The highest BCUT2D eigenvalue weighted by Crippen LogP contribution is 2.26. The molecule has 1 aliphatic rings. The van der Waals surface area contributed by atoms with Crippen LogP contribution in [0.5, 0.6) is 0 Å². The number of thioether (sulfide) groups is 1. The van der Waals surface area contributed by atoms with Gasteiger partial charge in [-0.15, -0.1) is 0 Å². The molecule has 0 radical (unpaired) electrons. The van der Waals surface area contributed by atoms with Crippen molar-refractivity contribution in [2.45, 2.75) is 25.1 Å². The van der Waals surface area contributed by atoms with E-state index >= 15 is 0 Å². The van der Waals surface area contributed by atoms with E-state index < -0.39 is 0 Å². The first-order chi connectivity index (χ1) is 8.11. The minimum absolute atomic E-state index is 0.00440. The maximum Gasteiger partial charge on any atom is 0.257 e. The molecular weight excluding hydrogens is 234 g/mol. The average molecular weight is 251 g/mol. The zero-order valence-electron chi connectivity index (χ0n) is 10.1. The second kappa shape index (κ2) is 4.96. The van der Waals surface area contributed by atoms with Crippen molar-refractivity contribution in [3.63, 3.8) is 0 Å². The summed E-state index contributed by atoms with van der Waals surface area (Å²) in [5.74, 6) is 0.979. The summed E-state index contributed by atoms with van der Waals surface area (Å²) in [6.45, 7) is 5.02. The average Bonchev–Trinajstić information content (AvgIpc) is 2.32. The zero-order chi connectivity index (χ0) is 12.4. The molecule has 2 rings (SSSR count). The van der Waals surface area contributed by atoms with Crippen molar-refractivity contribution in [2.75, 3.05) is 18.0 Å². The lowest BCUT2D eigenvalue weighted by molar-refractivity contribution is 0.0699. The van der Waals surface area contributed by atoms with Crippen molar-refractivity contribution in [3.8, 4) is 0 Å². The van der Waals surface area contributed by atoms with Crippen LogP contribution in [0.4, 0.5) is 5.69 Å². The number of pyridine rings is 1. The number of carbonyl (C=O) groups is 1. The molecule has 0 spiro atoms. The third-order valence-electron chi connectivity index (χ3n) is 3.23. The van der Waals surface area contributed by atoms with E-state index in [1.54, 1.807) is 18.5 Å². The smallest absolute Gasteiger partial charge is 0.257 e. The SMILES string of the molecule is CC1SCCN(C(=O)c2cnccc2N)C1C. The van der Waals surface area contributed by atoms with Crippen LogP contribution in [-0.4, -0.2) is 39.4 Å². The minimum atomic E-state index is -0.00440. The van der Waals surface area contributed by atoms with E-state index in [0.717, 1.165) is 12.3 Å². The molecule has 1 amide bonds. The molecule has 5 heteroatoms. The number of nitrogen functional groups attached to an aromatic ring is 1. The van der Waals surface area contributed by atoms with Crippen LogP contribution in [0.1, 0.15) is 24.2 Å². The highest BCUT2D eigenvalue weighted by atomic mass is 32.2. The fraction of sp³-hybridized carbons (Fsp3) is 0.500. The number of aromatic nitrogens is 1. The third-order valence-corrected chi connectivity index (χ3v) is 4.57. The lowest BCUT2D eigenvalue weighted by Crippen LogP contribution is -2.48. The molecule has 0 bridgehead atoms. The van der Waals surface area contributed by atoms with Crippen molar-refractivity contribution < 1.29 is 4.79 Å². The molecule has 4 nitrogen and oxygen atoms in total. The molecule has 2 unspecified atom stereocenters. The normalized spacial score (nSPS) is 24.7. The Morgan fingerprint density at radius 2 is 2.35 bits per heavy atom. The van der Waals surface area contributed by atoms with Gasteiger partial charge in [-0.1, -0.05) is 6.92 Å². The summed E-state index contributed by atoms with van der Waals surface area (Å²) in [5.41, 5.74) is 6.83. The maximum absolute atomic E-state index is 12.4. The Morgan fingerprint density at radius 1 is 1.59 bits per heavy atom.